The molecule has 3 N–H and O–H groups in total. The highest BCUT2D eigenvalue weighted by molar-refractivity contribution is 7.17. The SMILES string of the molecule is CC(Oc1nc(-c2cnc3cnccn23)sc1C(N)=O)c1ccc(CO)cc1Cl. The summed E-state index contributed by atoms with van der Waals surface area (Å²) in [5.41, 5.74) is 8.30. The molecule has 0 aliphatic carbocycles. The summed E-state index contributed by atoms with van der Waals surface area (Å²) in [5.74, 6) is -0.496. The van der Waals surface area contributed by atoms with Gasteiger partial charge in [0.05, 0.1) is 19.0 Å². The lowest BCUT2D eigenvalue weighted by Gasteiger charge is -2.15. The number of halogens is 1. The summed E-state index contributed by atoms with van der Waals surface area (Å²) in [6, 6.07) is 5.20. The average molecular weight is 430 g/mol. The Morgan fingerprint density at radius 3 is 2.97 bits per heavy atom. The molecule has 1 atom stereocenters. The lowest BCUT2D eigenvalue weighted by atomic mass is 10.1. The number of hydrogen-bond donors (Lipinski definition) is 2. The second kappa shape index (κ2) is 7.78. The van der Waals surface area contributed by atoms with E-state index in [2.05, 4.69) is 15.0 Å². The van der Waals surface area contributed by atoms with Gasteiger partial charge in [-0.15, -0.1) is 11.3 Å². The Morgan fingerprint density at radius 1 is 1.41 bits per heavy atom. The number of aromatic nitrogens is 4. The van der Waals surface area contributed by atoms with Gasteiger partial charge in [0.25, 0.3) is 5.91 Å². The number of ether oxygens (including phenoxy) is 1. The van der Waals surface area contributed by atoms with Gasteiger partial charge in [-0.1, -0.05) is 23.7 Å². The van der Waals surface area contributed by atoms with Crippen molar-refractivity contribution in [1.29, 1.82) is 0 Å². The van der Waals surface area contributed by atoms with Crippen LogP contribution < -0.4 is 10.5 Å². The molecule has 148 valence electrons. The van der Waals surface area contributed by atoms with Crippen LogP contribution >= 0.6 is 22.9 Å². The van der Waals surface area contributed by atoms with E-state index in [1.807, 2.05) is 4.40 Å². The number of fused-ring (bicyclic) bond motifs is 1. The van der Waals surface area contributed by atoms with Gasteiger partial charge >= 0.3 is 0 Å². The third-order valence-electron chi connectivity index (χ3n) is 4.33. The maximum absolute atomic E-state index is 12.0. The number of benzene rings is 1. The fraction of sp³-hybridized carbons (Fsp3) is 0.158. The molecule has 1 unspecified atom stereocenters. The quantitative estimate of drug-likeness (QED) is 0.486. The van der Waals surface area contributed by atoms with Crippen LogP contribution in [0.5, 0.6) is 5.88 Å². The molecule has 8 nitrogen and oxygen atoms in total. The molecule has 0 fully saturated rings. The van der Waals surface area contributed by atoms with E-state index >= 15 is 0 Å². The van der Waals surface area contributed by atoms with Crippen LogP contribution in [-0.2, 0) is 6.61 Å². The van der Waals surface area contributed by atoms with Crippen molar-refractivity contribution < 1.29 is 14.6 Å². The number of nitrogens with two attached hydrogens (primary N) is 1. The van der Waals surface area contributed by atoms with Crippen LogP contribution in [0.25, 0.3) is 16.3 Å². The highest BCUT2D eigenvalue weighted by atomic mass is 35.5. The number of imidazole rings is 1. The molecule has 0 radical (unpaired) electrons. The predicted molar refractivity (Wildman–Crippen MR) is 109 cm³/mol. The topological polar surface area (TPSA) is 116 Å². The van der Waals surface area contributed by atoms with Crippen molar-refractivity contribution in [1.82, 2.24) is 19.4 Å². The van der Waals surface area contributed by atoms with Gasteiger partial charge in [-0.3, -0.25) is 14.2 Å². The Labute approximate surface area is 174 Å². The standard InChI is InChI=1S/C19H16ClN5O3S/c1-10(12-3-2-11(9-26)6-13(12)20)28-18-16(17(21)27)29-19(24-18)14-7-23-15-8-22-4-5-25(14)15/h2-8,10,26H,9H2,1H3,(H2,21,27). The molecule has 4 rings (SSSR count). The average Bonchev–Trinajstić information content (AvgIpc) is 3.31. The summed E-state index contributed by atoms with van der Waals surface area (Å²) in [5, 5.41) is 10.2. The van der Waals surface area contributed by atoms with E-state index in [0.29, 0.717) is 32.5 Å². The number of carbonyl (C=O) groups is 1. The first-order valence-electron chi connectivity index (χ1n) is 8.62. The molecule has 0 bridgehead atoms. The van der Waals surface area contributed by atoms with Gasteiger partial charge in [-0.2, -0.15) is 4.98 Å². The molecule has 3 aromatic heterocycles. The highest BCUT2D eigenvalue weighted by Crippen LogP contribution is 2.36. The Hall–Kier alpha value is -3.01. The lowest BCUT2D eigenvalue weighted by molar-refractivity contribution is 0.0997. The normalized spacial score (nSPS) is 12.2. The maximum Gasteiger partial charge on any atom is 0.264 e. The van der Waals surface area contributed by atoms with Crippen LogP contribution in [0.1, 0.15) is 33.8 Å². The smallest absolute Gasteiger partial charge is 0.264 e. The van der Waals surface area contributed by atoms with Crippen molar-refractivity contribution in [2.45, 2.75) is 19.6 Å². The summed E-state index contributed by atoms with van der Waals surface area (Å²) in [4.78, 5) is 25.0. The van der Waals surface area contributed by atoms with Crippen LogP contribution in [0, 0.1) is 0 Å². The van der Waals surface area contributed by atoms with Crippen LogP contribution in [-0.4, -0.2) is 30.4 Å². The molecule has 0 aliphatic rings. The highest BCUT2D eigenvalue weighted by Gasteiger charge is 2.23. The van der Waals surface area contributed by atoms with Gasteiger partial charge in [0.2, 0.25) is 5.88 Å². The van der Waals surface area contributed by atoms with Gasteiger partial charge in [0, 0.05) is 23.0 Å². The first-order chi connectivity index (χ1) is 14.0. The van der Waals surface area contributed by atoms with Crippen molar-refractivity contribution in [3.05, 3.63) is 64.0 Å². The van der Waals surface area contributed by atoms with E-state index in [4.69, 9.17) is 22.1 Å². The van der Waals surface area contributed by atoms with Gasteiger partial charge < -0.3 is 15.6 Å². The molecule has 1 aromatic carbocycles. The minimum absolute atomic E-state index is 0.106. The molecule has 4 aromatic rings. The van der Waals surface area contributed by atoms with E-state index in [1.54, 1.807) is 49.9 Å². The van der Waals surface area contributed by atoms with E-state index < -0.39 is 12.0 Å². The number of rotatable bonds is 6. The number of hydrogen-bond acceptors (Lipinski definition) is 7. The van der Waals surface area contributed by atoms with Crippen molar-refractivity contribution in [2.75, 3.05) is 0 Å². The molecule has 1 amide bonds. The van der Waals surface area contributed by atoms with Crippen LogP contribution in [0.3, 0.4) is 0 Å². The summed E-state index contributed by atoms with van der Waals surface area (Å²) in [6.45, 7) is 1.69. The second-order valence-corrected chi connectivity index (χ2v) is 7.65. The lowest BCUT2D eigenvalue weighted by Crippen LogP contribution is -2.12. The van der Waals surface area contributed by atoms with Crippen LogP contribution in [0.4, 0.5) is 0 Å². The fourth-order valence-corrected chi connectivity index (χ4v) is 4.10. The van der Waals surface area contributed by atoms with Gasteiger partial charge in [-0.05, 0) is 18.6 Å². The Bertz CT molecular complexity index is 1210. The molecule has 0 aliphatic heterocycles. The monoisotopic (exact) mass is 429 g/mol. The second-order valence-electron chi connectivity index (χ2n) is 6.24. The zero-order chi connectivity index (χ0) is 20.5. The predicted octanol–water partition coefficient (Wildman–Crippen LogP) is 3.24. The van der Waals surface area contributed by atoms with Crippen LogP contribution in [0.2, 0.25) is 5.02 Å². The molecular formula is C19H16ClN5O3S. The zero-order valence-electron chi connectivity index (χ0n) is 15.2. The van der Waals surface area contributed by atoms with E-state index in [0.717, 1.165) is 11.3 Å². The molecule has 0 saturated carbocycles. The van der Waals surface area contributed by atoms with E-state index in [9.17, 15) is 9.90 Å². The summed E-state index contributed by atoms with van der Waals surface area (Å²) < 4.78 is 7.76. The van der Waals surface area contributed by atoms with Gasteiger partial charge in [0.1, 0.15) is 16.8 Å². The van der Waals surface area contributed by atoms with E-state index in [-0.39, 0.29) is 17.4 Å². The first kappa shape index (κ1) is 19.3. The molecular weight excluding hydrogens is 414 g/mol. The van der Waals surface area contributed by atoms with Crippen molar-refractivity contribution in [2.24, 2.45) is 5.73 Å². The summed E-state index contributed by atoms with van der Waals surface area (Å²) in [7, 11) is 0. The largest absolute Gasteiger partial charge is 0.469 e. The number of amides is 1. The molecule has 29 heavy (non-hydrogen) atoms. The fourth-order valence-electron chi connectivity index (χ4n) is 2.88. The number of primary amides is 1. The Morgan fingerprint density at radius 2 is 2.24 bits per heavy atom. The van der Waals surface area contributed by atoms with Gasteiger partial charge in [0.15, 0.2) is 10.5 Å². The minimum Gasteiger partial charge on any atom is -0.469 e. The zero-order valence-corrected chi connectivity index (χ0v) is 16.8. The first-order valence-corrected chi connectivity index (χ1v) is 9.81. The Kier molecular flexibility index (Phi) is 5.18. The number of thiazole rings is 1. The summed E-state index contributed by atoms with van der Waals surface area (Å²) >= 11 is 7.43. The molecule has 3 heterocycles. The number of aliphatic hydroxyl groups is 1. The van der Waals surface area contributed by atoms with Crippen molar-refractivity contribution in [3.63, 3.8) is 0 Å². The maximum atomic E-state index is 12.0. The number of nitrogens with zero attached hydrogens (tertiary/aromatic N) is 4. The minimum atomic E-state index is -0.631. The van der Waals surface area contributed by atoms with Gasteiger partial charge in [-0.25, -0.2) is 4.98 Å². The molecule has 0 saturated heterocycles. The third-order valence-corrected chi connectivity index (χ3v) is 5.73. The van der Waals surface area contributed by atoms with Crippen LogP contribution in [0.15, 0.2) is 43.0 Å². The van der Waals surface area contributed by atoms with E-state index in [1.165, 1.54) is 0 Å². The van der Waals surface area contributed by atoms with Crippen molar-refractivity contribution >= 4 is 34.5 Å². The summed E-state index contributed by atoms with van der Waals surface area (Å²) in [6.07, 6.45) is 6.18. The Balaban J connectivity index is 1.70. The molecule has 10 heteroatoms. The number of aliphatic hydroxyl groups excluding tert-OH is 1. The third kappa shape index (κ3) is 3.67. The number of carbonyl (C=O) groups excluding carboxylic acids is 1. The van der Waals surface area contributed by atoms with Crippen molar-refractivity contribution in [3.8, 4) is 16.6 Å². The molecule has 0 spiro atoms.